The number of aromatic nitrogens is 1. The zero-order valence-electron chi connectivity index (χ0n) is 10.2. The van der Waals surface area contributed by atoms with Crippen LogP contribution in [0.5, 0.6) is 0 Å². The lowest BCUT2D eigenvalue weighted by atomic mass is 10.2. The number of hydrogen-bond donors (Lipinski definition) is 0. The van der Waals surface area contributed by atoms with Crippen molar-refractivity contribution < 1.29 is 4.79 Å². The van der Waals surface area contributed by atoms with E-state index in [0.29, 0.717) is 6.42 Å². The summed E-state index contributed by atoms with van der Waals surface area (Å²) in [6.07, 6.45) is 1.36. The minimum absolute atomic E-state index is 0.144. The summed E-state index contributed by atoms with van der Waals surface area (Å²) in [5.41, 5.74) is 3.21. The molecule has 1 aromatic heterocycles. The van der Waals surface area contributed by atoms with Gasteiger partial charge >= 0.3 is 0 Å². The molecular weight excluding hydrogens is 244 g/mol. The van der Waals surface area contributed by atoms with E-state index in [-0.39, 0.29) is 5.91 Å². The van der Waals surface area contributed by atoms with Crippen LogP contribution in [0.1, 0.15) is 16.3 Å². The highest BCUT2D eigenvalue weighted by Gasteiger charge is 2.24. The summed E-state index contributed by atoms with van der Waals surface area (Å²) in [6.45, 7) is 2.76. The Labute approximate surface area is 110 Å². The van der Waals surface area contributed by atoms with Gasteiger partial charge in [0.25, 0.3) is 0 Å². The first-order chi connectivity index (χ1) is 8.74. The van der Waals surface area contributed by atoms with Gasteiger partial charge in [-0.05, 0) is 25.0 Å². The third kappa shape index (κ3) is 2.04. The minimum Gasteiger partial charge on any atom is -0.311 e. The summed E-state index contributed by atoms with van der Waals surface area (Å²) in [5, 5.41) is 2.98. The topological polar surface area (TPSA) is 33.2 Å². The number of thiazole rings is 1. The second-order valence-electron chi connectivity index (χ2n) is 4.46. The average molecular weight is 258 g/mol. The van der Waals surface area contributed by atoms with Crippen molar-refractivity contribution >= 4 is 22.9 Å². The number of anilines is 1. The Morgan fingerprint density at radius 3 is 3.06 bits per heavy atom. The molecule has 0 fully saturated rings. The number of hydrogen-bond acceptors (Lipinski definition) is 3. The molecule has 0 bridgehead atoms. The van der Waals surface area contributed by atoms with E-state index in [1.807, 2.05) is 35.4 Å². The first-order valence-electron chi connectivity index (χ1n) is 6.03. The van der Waals surface area contributed by atoms with Crippen LogP contribution in [-0.4, -0.2) is 17.4 Å². The third-order valence-corrected chi connectivity index (χ3v) is 4.01. The molecule has 1 aliphatic rings. The van der Waals surface area contributed by atoms with Crippen LogP contribution >= 0.6 is 11.3 Å². The zero-order chi connectivity index (χ0) is 12.5. The Morgan fingerprint density at radius 2 is 2.28 bits per heavy atom. The highest BCUT2D eigenvalue weighted by molar-refractivity contribution is 7.09. The Morgan fingerprint density at radius 1 is 1.44 bits per heavy atom. The molecule has 2 heterocycles. The number of para-hydroxylation sites is 1. The fourth-order valence-corrected chi connectivity index (χ4v) is 2.95. The maximum Gasteiger partial charge on any atom is 0.233 e. The van der Waals surface area contributed by atoms with Crippen LogP contribution in [0.4, 0.5) is 5.69 Å². The first-order valence-corrected chi connectivity index (χ1v) is 6.91. The number of benzene rings is 1. The van der Waals surface area contributed by atoms with Gasteiger partial charge in [-0.25, -0.2) is 4.98 Å². The highest BCUT2D eigenvalue weighted by Crippen LogP contribution is 2.28. The minimum atomic E-state index is 0.144. The molecule has 0 unspecified atom stereocenters. The van der Waals surface area contributed by atoms with E-state index in [1.54, 1.807) is 11.3 Å². The third-order valence-electron chi connectivity index (χ3n) is 3.19. The van der Waals surface area contributed by atoms with Crippen LogP contribution in [0.3, 0.4) is 0 Å². The summed E-state index contributed by atoms with van der Waals surface area (Å²) >= 11 is 1.59. The van der Waals surface area contributed by atoms with E-state index in [1.165, 1.54) is 5.56 Å². The molecule has 3 nitrogen and oxygen atoms in total. The van der Waals surface area contributed by atoms with Crippen molar-refractivity contribution in [1.29, 1.82) is 0 Å². The maximum atomic E-state index is 12.3. The van der Waals surface area contributed by atoms with Gasteiger partial charge < -0.3 is 4.90 Å². The van der Waals surface area contributed by atoms with Crippen molar-refractivity contribution in [2.24, 2.45) is 0 Å². The summed E-state index contributed by atoms with van der Waals surface area (Å²) in [7, 11) is 0. The van der Waals surface area contributed by atoms with Crippen LogP contribution in [0.25, 0.3) is 0 Å². The second kappa shape index (κ2) is 4.53. The van der Waals surface area contributed by atoms with E-state index >= 15 is 0 Å². The smallest absolute Gasteiger partial charge is 0.233 e. The van der Waals surface area contributed by atoms with Crippen LogP contribution in [-0.2, 0) is 17.6 Å². The van der Waals surface area contributed by atoms with Gasteiger partial charge in [-0.3, -0.25) is 4.79 Å². The number of rotatable bonds is 2. The molecule has 0 saturated heterocycles. The molecule has 0 aliphatic carbocycles. The van der Waals surface area contributed by atoms with Gasteiger partial charge in [0.1, 0.15) is 0 Å². The Kier molecular flexibility index (Phi) is 2.88. The average Bonchev–Trinajstić information content (AvgIpc) is 2.95. The molecule has 1 aromatic carbocycles. The SMILES string of the molecule is Cc1nc(CC(=O)N2CCc3ccccc32)cs1. The molecule has 1 amide bonds. The van der Waals surface area contributed by atoms with Gasteiger partial charge in [0, 0.05) is 17.6 Å². The summed E-state index contributed by atoms with van der Waals surface area (Å²) in [5.74, 6) is 0.144. The van der Waals surface area contributed by atoms with Gasteiger partial charge in [0.05, 0.1) is 17.1 Å². The van der Waals surface area contributed by atoms with E-state index in [0.717, 1.165) is 29.4 Å². The van der Waals surface area contributed by atoms with Crippen molar-refractivity contribution in [3.63, 3.8) is 0 Å². The van der Waals surface area contributed by atoms with Gasteiger partial charge in [-0.2, -0.15) is 0 Å². The van der Waals surface area contributed by atoms with Crippen molar-refractivity contribution in [3.8, 4) is 0 Å². The number of aryl methyl sites for hydroxylation is 1. The zero-order valence-corrected chi connectivity index (χ0v) is 11.0. The molecule has 0 spiro atoms. The quantitative estimate of drug-likeness (QED) is 0.829. The van der Waals surface area contributed by atoms with Crippen molar-refractivity contribution in [2.75, 3.05) is 11.4 Å². The Bertz CT molecular complexity index is 591. The van der Waals surface area contributed by atoms with E-state index in [9.17, 15) is 4.79 Å². The van der Waals surface area contributed by atoms with Gasteiger partial charge in [-0.15, -0.1) is 11.3 Å². The summed E-state index contributed by atoms with van der Waals surface area (Å²) < 4.78 is 0. The van der Waals surface area contributed by atoms with E-state index in [4.69, 9.17) is 0 Å². The van der Waals surface area contributed by atoms with Gasteiger partial charge in [0.15, 0.2) is 0 Å². The van der Waals surface area contributed by atoms with E-state index in [2.05, 4.69) is 11.1 Å². The molecule has 3 rings (SSSR count). The molecule has 92 valence electrons. The molecule has 1 aliphatic heterocycles. The van der Waals surface area contributed by atoms with Crippen molar-refractivity contribution in [1.82, 2.24) is 4.98 Å². The predicted molar refractivity (Wildman–Crippen MR) is 73.1 cm³/mol. The van der Waals surface area contributed by atoms with Crippen LogP contribution in [0.15, 0.2) is 29.6 Å². The van der Waals surface area contributed by atoms with Crippen LogP contribution in [0, 0.1) is 6.92 Å². The number of carbonyl (C=O) groups is 1. The normalized spacial score (nSPS) is 13.7. The molecule has 0 radical (unpaired) electrons. The second-order valence-corrected chi connectivity index (χ2v) is 5.52. The number of carbonyl (C=O) groups excluding carboxylic acids is 1. The largest absolute Gasteiger partial charge is 0.311 e. The Balaban J connectivity index is 1.78. The van der Waals surface area contributed by atoms with E-state index < -0.39 is 0 Å². The molecule has 0 atom stereocenters. The molecule has 18 heavy (non-hydrogen) atoms. The van der Waals surface area contributed by atoms with Crippen molar-refractivity contribution in [3.05, 3.63) is 45.9 Å². The lowest BCUT2D eigenvalue weighted by Crippen LogP contribution is -2.30. The van der Waals surface area contributed by atoms with Crippen molar-refractivity contribution in [2.45, 2.75) is 19.8 Å². The first kappa shape index (κ1) is 11.4. The van der Waals surface area contributed by atoms with Gasteiger partial charge in [0.2, 0.25) is 5.91 Å². The van der Waals surface area contributed by atoms with Crippen LogP contribution < -0.4 is 4.90 Å². The maximum absolute atomic E-state index is 12.3. The Hall–Kier alpha value is -1.68. The molecular formula is C14H14N2OS. The number of amides is 1. The summed E-state index contributed by atoms with van der Waals surface area (Å²) in [6, 6.07) is 8.12. The fraction of sp³-hybridized carbons (Fsp3) is 0.286. The molecule has 0 N–H and O–H groups in total. The lowest BCUT2D eigenvalue weighted by Gasteiger charge is -2.16. The monoisotopic (exact) mass is 258 g/mol. The van der Waals surface area contributed by atoms with Gasteiger partial charge in [-0.1, -0.05) is 18.2 Å². The highest BCUT2D eigenvalue weighted by atomic mass is 32.1. The lowest BCUT2D eigenvalue weighted by molar-refractivity contribution is -0.117. The molecule has 2 aromatic rings. The number of nitrogens with zero attached hydrogens (tertiary/aromatic N) is 2. The predicted octanol–water partition coefficient (Wildman–Crippen LogP) is 2.58. The molecule has 4 heteroatoms. The fourth-order valence-electron chi connectivity index (χ4n) is 2.34. The molecule has 0 saturated carbocycles. The number of fused-ring (bicyclic) bond motifs is 1. The van der Waals surface area contributed by atoms with Crippen LogP contribution in [0.2, 0.25) is 0 Å². The standard InChI is InChI=1S/C14H14N2OS/c1-10-15-12(9-18-10)8-14(17)16-7-6-11-4-2-3-5-13(11)16/h2-5,9H,6-8H2,1H3. The summed E-state index contributed by atoms with van der Waals surface area (Å²) in [4.78, 5) is 18.5.